The molecule has 0 aliphatic heterocycles. The quantitative estimate of drug-likeness (QED) is 0.900. The summed E-state index contributed by atoms with van der Waals surface area (Å²) in [6.45, 7) is 8.55. The van der Waals surface area contributed by atoms with Crippen LogP contribution < -0.4 is 5.32 Å². The average Bonchev–Trinajstić information content (AvgIpc) is 2.88. The molecule has 0 radical (unpaired) electrons. The molecule has 0 bridgehead atoms. The van der Waals surface area contributed by atoms with E-state index in [-0.39, 0.29) is 0 Å². The number of rotatable bonds is 5. The fourth-order valence-electron chi connectivity index (χ4n) is 2.72. The molecule has 0 aromatic carbocycles. The number of aryl methyl sites for hydroxylation is 2. The SMILES string of the molecule is Cc1nn(C)c(C)c1C(C)NC(C)Cc1ccco1. The summed E-state index contributed by atoms with van der Waals surface area (Å²) in [5.41, 5.74) is 3.63. The summed E-state index contributed by atoms with van der Waals surface area (Å²) in [6.07, 6.45) is 2.62. The third-order valence-corrected chi connectivity index (χ3v) is 3.62. The maximum Gasteiger partial charge on any atom is 0.105 e. The fourth-order valence-corrected chi connectivity index (χ4v) is 2.72. The third-order valence-electron chi connectivity index (χ3n) is 3.62. The minimum absolute atomic E-state index is 0.290. The van der Waals surface area contributed by atoms with Crippen LogP contribution in [0.25, 0.3) is 0 Å². The van der Waals surface area contributed by atoms with E-state index in [1.807, 2.05) is 23.9 Å². The van der Waals surface area contributed by atoms with Crippen molar-refractivity contribution in [2.45, 2.75) is 46.2 Å². The zero-order valence-electron chi connectivity index (χ0n) is 12.4. The van der Waals surface area contributed by atoms with Crippen LogP contribution in [0.4, 0.5) is 0 Å². The Morgan fingerprint density at radius 1 is 1.37 bits per heavy atom. The highest BCUT2D eigenvalue weighted by atomic mass is 16.3. The van der Waals surface area contributed by atoms with Crippen LogP contribution in [0.3, 0.4) is 0 Å². The normalized spacial score (nSPS) is 14.6. The van der Waals surface area contributed by atoms with Crippen LogP contribution in [0, 0.1) is 13.8 Å². The van der Waals surface area contributed by atoms with Gasteiger partial charge in [0.1, 0.15) is 5.76 Å². The monoisotopic (exact) mass is 261 g/mol. The Labute approximate surface area is 114 Å². The molecule has 0 aliphatic carbocycles. The molecular weight excluding hydrogens is 238 g/mol. The van der Waals surface area contributed by atoms with Gasteiger partial charge >= 0.3 is 0 Å². The van der Waals surface area contributed by atoms with Gasteiger partial charge in [-0.15, -0.1) is 0 Å². The molecule has 2 heterocycles. The van der Waals surface area contributed by atoms with Crippen molar-refractivity contribution in [3.63, 3.8) is 0 Å². The molecule has 19 heavy (non-hydrogen) atoms. The predicted molar refractivity (Wildman–Crippen MR) is 76.1 cm³/mol. The highest BCUT2D eigenvalue weighted by Crippen LogP contribution is 2.21. The van der Waals surface area contributed by atoms with Crippen molar-refractivity contribution < 1.29 is 4.42 Å². The van der Waals surface area contributed by atoms with Gasteiger partial charge in [0.25, 0.3) is 0 Å². The van der Waals surface area contributed by atoms with Gasteiger partial charge in [-0.2, -0.15) is 5.10 Å². The molecule has 0 aliphatic rings. The first-order valence-corrected chi connectivity index (χ1v) is 6.77. The predicted octanol–water partition coefficient (Wildman–Crippen LogP) is 2.91. The van der Waals surface area contributed by atoms with Crippen molar-refractivity contribution in [2.24, 2.45) is 7.05 Å². The van der Waals surface area contributed by atoms with Gasteiger partial charge in [-0.05, 0) is 39.8 Å². The van der Waals surface area contributed by atoms with Gasteiger partial charge in [-0.25, -0.2) is 0 Å². The minimum Gasteiger partial charge on any atom is -0.469 e. The van der Waals surface area contributed by atoms with Crippen molar-refractivity contribution in [3.8, 4) is 0 Å². The topological polar surface area (TPSA) is 43.0 Å². The Morgan fingerprint density at radius 2 is 2.11 bits per heavy atom. The smallest absolute Gasteiger partial charge is 0.105 e. The van der Waals surface area contributed by atoms with Gasteiger partial charge in [0.2, 0.25) is 0 Å². The van der Waals surface area contributed by atoms with Crippen molar-refractivity contribution in [3.05, 3.63) is 41.1 Å². The average molecular weight is 261 g/mol. The highest BCUT2D eigenvalue weighted by Gasteiger charge is 2.18. The first-order chi connectivity index (χ1) is 8.99. The Hall–Kier alpha value is -1.55. The molecule has 2 rings (SSSR count). The lowest BCUT2D eigenvalue weighted by Gasteiger charge is -2.20. The Bertz CT molecular complexity index is 528. The lowest BCUT2D eigenvalue weighted by Crippen LogP contribution is -2.31. The molecule has 0 saturated carbocycles. The van der Waals surface area contributed by atoms with Crippen molar-refractivity contribution in [1.29, 1.82) is 0 Å². The van der Waals surface area contributed by atoms with Crippen molar-refractivity contribution >= 4 is 0 Å². The van der Waals surface area contributed by atoms with Gasteiger partial charge in [-0.1, -0.05) is 0 Å². The molecule has 2 aromatic heterocycles. The summed E-state index contributed by atoms with van der Waals surface area (Å²) in [5.74, 6) is 1.02. The molecular formula is C15H23N3O. The Balaban J connectivity index is 2.02. The van der Waals surface area contributed by atoms with Crippen LogP contribution in [0.1, 0.15) is 42.6 Å². The highest BCUT2D eigenvalue weighted by molar-refractivity contribution is 5.27. The van der Waals surface area contributed by atoms with E-state index in [0.717, 1.165) is 17.9 Å². The molecule has 0 spiro atoms. The van der Waals surface area contributed by atoms with Gasteiger partial charge in [0, 0.05) is 36.8 Å². The fraction of sp³-hybridized carbons (Fsp3) is 0.533. The number of hydrogen-bond donors (Lipinski definition) is 1. The zero-order valence-corrected chi connectivity index (χ0v) is 12.4. The van der Waals surface area contributed by atoms with Crippen LogP contribution in [0.2, 0.25) is 0 Å². The van der Waals surface area contributed by atoms with Crippen LogP contribution in [-0.2, 0) is 13.5 Å². The summed E-state index contributed by atoms with van der Waals surface area (Å²) in [7, 11) is 1.99. The van der Waals surface area contributed by atoms with E-state index in [1.54, 1.807) is 6.26 Å². The van der Waals surface area contributed by atoms with Gasteiger partial charge < -0.3 is 9.73 Å². The van der Waals surface area contributed by atoms with Gasteiger partial charge in [0.05, 0.1) is 12.0 Å². The van der Waals surface area contributed by atoms with E-state index < -0.39 is 0 Å². The lowest BCUT2D eigenvalue weighted by molar-refractivity contribution is 0.427. The molecule has 4 nitrogen and oxygen atoms in total. The third kappa shape index (κ3) is 3.07. The second-order valence-corrected chi connectivity index (χ2v) is 5.28. The summed E-state index contributed by atoms with van der Waals surface area (Å²) in [5, 5.41) is 8.09. The van der Waals surface area contributed by atoms with E-state index in [1.165, 1.54) is 11.3 Å². The number of nitrogens with zero attached hydrogens (tertiary/aromatic N) is 2. The van der Waals surface area contributed by atoms with E-state index >= 15 is 0 Å². The first kappa shape index (κ1) is 13.9. The molecule has 4 heteroatoms. The van der Waals surface area contributed by atoms with Crippen molar-refractivity contribution in [1.82, 2.24) is 15.1 Å². The van der Waals surface area contributed by atoms with Crippen LogP contribution in [0.15, 0.2) is 22.8 Å². The summed E-state index contributed by atoms with van der Waals surface area (Å²) >= 11 is 0. The van der Waals surface area contributed by atoms with Gasteiger partial charge in [0.15, 0.2) is 0 Å². The molecule has 2 atom stereocenters. The summed E-state index contributed by atoms with van der Waals surface area (Å²) < 4.78 is 7.33. The molecule has 2 unspecified atom stereocenters. The number of aromatic nitrogens is 2. The lowest BCUT2D eigenvalue weighted by atomic mass is 10.0. The molecule has 0 amide bonds. The van der Waals surface area contributed by atoms with Crippen LogP contribution >= 0.6 is 0 Å². The van der Waals surface area contributed by atoms with E-state index in [2.05, 4.69) is 38.1 Å². The van der Waals surface area contributed by atoms with Crippen LogP contribution in [0.5, 0.6) is 0 Å². The van der Waals surface area contributed by atoms with Gasteiger partial charge in [-0.3, -0.25) is 4.68 Å². The number of hydrogen-bond acceptors (Lipinski definition) is 3. The van der Waals surface area contributed by atoms with E-state index in [9.17, 15) is 0 Å². The Kier molecular flexibility index (Phi) is 4.10. The zero-order chi connectivity index (χ0) is 14.0. The molecule has 0 fully saturated rings. The van der Waals surface area contributed by atoms with Crippen LogP contribution in [-0.4, -0.2) is 15.8 Å². The summed E-state index contributed by atoms with van der Waals surface area (Å²) in [4.78, 5) is 0. The van der Waals surface area contributed by atoms with Crippen molar-refractivity contribution in [2.75, 3.05) is 0 Å². The minimum atomic E-state index is 0.290. The molecule has 2 aromatic rings. The second-order valence-electron chi connectivity index (χ2n) is 5.28. The summed E-state index contributed by atoms with van der Waals surface area (Å²) in [6, 6.07) is 4.60. The number of nitrogens with one attached hydrogen (secondary N) is 1. The largest absolute Gasteiger partial charge is 0.469 e. The standard InChI is InChI=1S/C15H23N3O/c1-10(9-14-7-6-8-19-14)16-11(2)15-12(3)17-18(5)13(15)4/h6-8,10-11,16H,9H2,1-5H3. The number of furan rings is 1. The Morgan fingerprint density at radius 3 is 2.63 bits per heavy atom. The molecule has 104 valence electrons. The van der Waals surface area contributed by atoms with E-state index in [0.29, 0.717) is 12.1 Å². The molecule has 0 saturated heterocycles. The first-order valence-electron chi connectivity index (χ1n) is 6.77. The maximum absolute atomic E-state index is 5.39. The van der Waals surface area contributed by atoms with E-state index in [4.69, 9.17) is 4.42 Å². The second kappa shape index (κ2) is 5.61. The maximum atomic E-state index is 5.39. The molecule has 1 N–H and O–H groups in total.